The van der Waals surface area contributed by atoms with E-state index < -0.39 is 0 Å². The van der Waals surface area contributed by atoms with E-state index in [-0.39, 0.29) is 6.10 Å². The molecular formula is C15H20N2O2. The van der Waals surface area contributed by atoms with Gasteiger partial charge in [-0.25, -0.2) is 0 Å². The van der Waals surface area contributed by atoms with E-state index in [2.05, 4.69) is 18.0 Å². The summed E-state index contributed by atoms with van der Waals surface area (Å²) in [5, 5.41) is 8.92. The van der Waals surface area contributed by atoms with Crippen LogP contribution in [-0.2, 0) is 4.74 Å². The highest BCUT2D eigenvalue weighted by Gasteiger charge is 2.19. The third-order valence-electron chi connectivity index (χ3n) is 3.34. The molecule has 1 aromatic carbocycles. The van der Waals surface area contributed by atoms with Crippen LogP contribution in [0.5, 0.6) is 5.75 Å². The quantitative estimate of drug-likeness (QED) is 0.832. The van der Waals surface area contributed by atoms with Crippen LogP contribution < -0.4 is 4.74 Å². The van der Waals surface area contributed by atoms with Gasteiger partial charge < -0.3 is 14.4 Å². The topological polar surface area (TPSA) is 45.5 Å². The lowest BCUT2D eigenvalue weighted by molar-refractivity contribution is -0.0405. The lowest BCUT2D eigenvalue weighted by atomic mass is 10.1. The van der Waals surface area contributed by atoms with Crippen LogP contribution >= 0.6 is 0 Å². The summed E-state index contributed by atoms with van der Waals surface area (Å²) in [5.41, 5.74) is 2.68. The zero-order valence-corrected chi connectivity index (χ0v) is 11.8. The summed E-state index contributed by atoms with van der Waals surface area (Å²) in [6.45, 7) is 7.13. The summed E-state index contributed by atoms with van der Waals surface area (Å²) in [6, 6.07) is 5.87. The van der Waals surface area contributed by atoms with Crippen molar-refractivity contribution in [1.82, 2.24) is 4.90 Å². The average Bonchev–Trinajstić information content (AvgIpc) is 2.37. The Morgan fingerprint density at radius 2 is 2.11 bits per heavy atom. The van der Waals surface area contributed by atoms with Gasteiger partial charge in [-0.3, -0.25) is 0 Å². The normalized spacial score (nSPS) is 20.0. The van der Waals surface area contributed by atoms with Crippen molar-refractivity contribution in [3.05, 3.63) is 28.8 Å². The molecular weight excluding hydrogens is 240 g/mol. The Morgan fingerprint density at radius 3 is 2.68 bits per heavy atom. The van der Waals surface area contributed by atoms with Crippen molar-refractivity contribution >= 4 is 0 Å². The zero-order valence-electron chi connectivity index (χ0n) is 11.8. The standard InChI is InChI=1S/C15H20N2O2/c1-11-6-13(8-16)7-12(2)15(11)19-10-14-9-17(3)4-5-18-14/h6-7,14H,4-5,9-10H2,1-3H3. The first-order valence-electron chi connectivity index (χ1n) is 6.54. The fourth-order valence-electron chi connectivity index (χ4n) is 2.39. The monoisotopic (exact) mass is 260 g/mol. The second-order valence-electron chi connectivity index (χ2n) is 5.12. The van der Waals surface area contributed by atoms with E-state index >= 15 is 0 Å². The van der Waals surface area contributed by atoms with Gasteiger partial charge in [0, 0.05) is 13.1 Å². The molecule has 1 saturated heterocycles. The van der Waals surface area contributed by atoms with Crippen molar-refractivity contribution < 1.29 is 9.47 Å². The summed E-state index contributed by atoms with van der Waals surface area (Å²) in [4.78, 5) is 2.25. The van der Waals surface area contributed by atoms with Crippen LogP contribution in [0.25, 0.3) is 0 Å². The number of likely N-dealkylation sites (N-methyl/N-ethyl adjacent to an activating group) is 1. The molecule has 0 bridgehead atoms. The predicted molar refractivity (Wildman–Crippen MR) is 73.4 cm³/mol. The van der Waals surface area contributed by atoms with Gasteiger partial charge in [-0.1, -0.05) is 0 Å². The predicted octanol–water partition coefficient (Wildman–Crippen LogP) is 1.88. The maximum atomic E-state index is 8.92. The first-order valence-corrected chi connectivity index (χ1v) is 6.54. The molecule has 4 heteroatoms. The number of ether oxygens (including phenoxy) is 2. The molecule has 102 valence electrons. The molecule has 0 saturated carbocycles. The highest BCUT2D eigenvalue weighted by molar-refractivity contribution is 5.47. The van der Waals surface area contributed by atoms with E-state index in [0.29, 0.717) is 12.2 Å². The van der Waals surface area contributed by atoms with Gasteiger partial charge in [-0.05, 0) is 44.2 Å². The minimum atomic E-state index is 0.119. The van der Waals surface area contributed by atoms with Crippen LogP contribution in [0.1, 0.15) is 16.7 Å². The lowest BCUT2D eigenvalue weighted by Crippen LogP contribution is -2.42. The number of rotatable bonds is 3. The molecule has 4 nitrogen and oxygen atoms in total. The van der Waals surface area contributed by atoms with E-state index in [0.717, 1.165) is 36.6 Å². The molecule has 0 amide bonds. The summed E-state index contributed by atoms with van der Waals surface area (Å²) in [7, 11) is 2.09. The summed E-state index contributed by atoms with van der Waals surface area (Å²) < 4.78 is 11.6. The van der Waals surface area contributed by atoms with Gasteiger partial charge in [-0.15, -0.1) is 0 Å². The molecule has 1 aliphatic heterocycles. The van der Waals surface area contributed by atoms with E-state index in [1.807, 2.05) is 26.0 Å². The average molecular weight is 260 g/mol. The van der Waals surface area contributed by atoms with Gasteiger partial charge in [-0.2, -0.15) is 5.26 Å². The first kappa shape index (κ1) is 13.9. The van der Waals surface area contributed by atoms with E-state index in [1.165, 1.54) is 0 Å². The van der Waals surface area contributed by atoms with Crippen LogP contribution in [0.3, 0.4) is 0 Å². The fraction of sp³-hybridized carbons (Fsp3) is 0.533. The molecule has 19 heavy (non-hydrogen) atoms. The Balaban J connectivity index is 2.01. The van der Waals surface area contributed by atoms with Crippen molar-refractivity contribution in [2.24, 2.45) is 0 Å². The van der Waals surface area contributed by atoms with E-state index in [9.17, 15) is 0 Å². The highest BCUT2D eigenvalue weighted by atomic mass is 16.5. The third kappa shape index (κ3) is 3.46. The molecule has 1 fully saturated rings. The SMILES string of the molecule is Cc1cc(C#N)cc(C)c1OCC1CN(C)CCO1. The number of aryl methyl sites for hydroxylation is 2. The van der Waals surface area contributed by atoms with Crippen LogP contribution in [0.15, 0.2) is 12.1 Å². The highest BCUT2D eigenvalue weighted by Crippen LogP contribution is 2.25. The molecule has 0 N–H and O–H groups in total. The Bertz CT molecular complexity index is 470. The number of benzene rings is 1. The van der Waals surface area contributed by atoms with Crippen molar-refractivity contribution in [3.8, 4) is 11.8 Å². The fourth-order valence-corrected chi connectivity index (χ4v) is 2.39. The number of morpholine rings is 1. The third-order valence-corrected chi connectivity index (χ3v) is 3.34. The number of hydrogen-bond donors (Lipinski definition) is 0. The number of nitrogens with zero attached hydrogens (tertiary/aromatic N) is 2. The molecule has 1 aliphatic rings. The van der Waals surface area contributed by atoms with E-state index in [1.54, 1.807) is 0 Å². The number of nitriles is 1. The maximum absolute atomic E-state index is 8.92. The Labute approximate surface area is 114 Å². The minimum Gasteiger partial charge on any atom is -0.490 e. The van der Waals surface area contributed by atoms with Gasteiger partial charge in [0.25, 0.3) is 0 Å². The van der Waals surface area contributed by atoms with E-state index in [4.69, 9.17) is 14.7 Å². The van der Waals surface area contributed by atoms with Gasteiger partial charge in [0.05, 0.1) is 18.2 Å². The summed E-state index contributed by atoms with van der Waals surface area (Å²) in [6.07, 6.45) is 0.119. The molecule has 2 rings (SSSR count). The minimum absolute atomic E-state index is 0.119. The summed E-state index contributed by atoms with van der Waals surface area (Å²) >= 11 is 0. The smallest absolute Gasteiger partial charge is 0.125 e. The van der Waals surface area contributed by atoms with Crippen molar-refractivity contribution in [2.75, 3.05) is 33.4 Å². The van der Waals surface area contributed by atoms with Crippen LogP contribution in [-0.4, -0.2) is 44.4 Å². The van der Waals surface area contributed by atoms with Crippen molar-refractivity contribution in [2.45, 2.75) is 20.0 Å². The van der Waals surface area contributed by atoms with Gasteiger partial charge in [0.2, 0.25) is 0 Å². The largest absolute Gasteiger partial charge is 0.490 e. The second kappa shape index (κ2) is 6.05. The van der Waals surface area contributed by atoms with Crippen LogP contribution in [0, 0.1) is 25.2 Å². The Kier molecular flexibility index (Phi) is 4.41. The zero-order chi connectivity index (χ0) is 13.8. The van der Waals surface area contributed by atoms with Crippen LogP contribution in [0.2, 0.25) is 0 Å². The second-order valence-corrected chi connectivity index (χ2v) is 5.12. The first-order chi connectivity index (χ1) is 9.10. The van der Waals surface area contributed by atoms with Crippen molar-refractivity contribution in [1.29, 1.82) is 5.26 Å². The lowest BCUT2D eigenvalue weighted by Gasteiger charge is -2.30. The number of hydrogen-bond acceptors (Lipinski definition) is 4. The van der Waals surface area contributed by atoms with Gasteiger partial charge in [0.1, 0.15) is 18.5 Å². The molecule has 0 aliphatic carbocycles. The Morgan fingerprint density at radius 1 is 1.42 bits per heavy atom. The molecule has 1 unspecified atom stereocenters. The molecule has 0 spiro atoms. The molecule has 0 aromatic heterocycles. The Hall–Kier alpha value is -1.57. The van der Waals surface area contributed by atoms with Gasteiger partial charge in [0.15, 0.2) is 0 Å². The van der Waals surface area contributed by atoms with Crippen molar-refractivity contribution in [3.63, 3.8) is 0 Å². The van der Waals surface area contributed by atoms with Gasteiger partial charge >= 0.3 is 0 Å². The molecule has 1 aromatic rings. The summed E-state index contributed by atoms with van der Waals surface area (Å²) in [5.74, 6) is 0.871. The molecule has 1 heterocycles. The molecule has 1 atom stereocenters. The van der Waals surface area contributed by atoms with Crippen LogP contribution in [0.4, 0.5) is 0 Å². The molecule has 0 radical (unpaired) electrons. The maximum Gasteiger partial charge on any atom is 0.125 e.